The largest absolute Gasteiger partial charge is 0.476 e. The summed E-state index contributed by atoms with van der Waals surface area (Å²) in [5.41, 5.74) is 0.136. The highest BCUT2D eigenvalue weighted by Crippen LogP contribution is 2.36. The van der Waals surface area contributed by atoms with Gasteiger partial charge in [0.2, 0.25) is 0 Å². The number of carbonyl (C=O) groups is 1. The Balaban J connectivity index is 2.47. The van der Waals surface area contributed by atoms with Gasteiger partial charge in [-0.2, -0.15) is 0 Å². The zero-order valence-electron chi connectivity index (χ0n) is 9.07. The van der Waals surface area contributed by atoms with Gasteiger partial charge in [-0.05, 0) is 18.9 Å². The van der Waals surface area contributed by atoms with E-state index in [9.17, 15) is 4.79 Å². The normalized spacial score (nSPS) is 10.7. The van der Waals surface area contributed by atoms with E-state index >= 15 is 0 Å². The lowest BCUT2D eigenvalue weighted by Crippen LogP contribution is -1.98. The molecule has 0 saturated heterocycles. The molecular weight excluding hydrogens is 278 g/mol. The van der Waals surface area contributed by atoms with Crippen LogP contribution in [0.5, 0.6) is 0 Å². The van der Waals surface area contributed by atoms with Gasteiger partial charge in [-0.1, -0.05) is 18.5 Å². The second-order valence-electron chi connectivity index (χ2n) is 3.47. The summed E-state index contributed by atoms with van der Waals surface area (Å²) in [7, 11) is 0. The second-order valence-corrected chi connectivity index (χ2v) is 5.90. The molecule has 17 heavy (non-hydrogen) atoms. The minimum absolute atomic E-state index is 0.136. The van der Waals surface area contributed by atoms with E-state index in [0.29, 0.717) is 9.90 Å². The number of thiophene rings is 1. The Bertz CT molecular complexity index is 547. The minimum Gasteiger partial charge on any atom is -0.476 e. The van der Waals surface area contributed by atoms with Crippen molar-refractivity contribution in [2.24, 2.45) is 0 Å². The molecule has 0 saturated carbocycles. The lowest BCUT2D eigenvalue weighted by molar-refractivity contribution is 0.0692. The molecule has 1 N–H and O–H groups in total. The predicted molar refractivity (Wildman–Crippen MR) is 71.4 cm³/mol. The first kappa shape index (κ1) is 12.5. The molecule has 2 aromatic heterocycles. The summed E-state index contributed by atoms with van der Waals surface area (Å²) < 4.78 is 0. The summed E-state index contributed by atoms with van der Waals surface area (Å²) >= 11 is 8.74. The molecule has 0 bridgehead atoms. The Hall–Kier alpha value is -0.910. The number of carboxylic acid groups (broad SMARTS) is 1. The van der Waals surface area contributed by atoms with Crippen molar-refractivity contribution in [3.63, 3.8) is 0 Å². The molecule has 2 aromatic rings. The Labute approximate surface area is 112 Å². The number of aromatic carboxylic acids is 1. The number of aromatic nitrogens is 1. The van der Waals surface area contributed by atoms with Gasteiger partial charge in [0.25, 0.3) is 0 Å². The minimum atomic E-state index is -0.983. The molecule has 2 heterocycles. The van der Waals surface area contributed by atoms with Crippen LogP contribution in [0.25, 0.3) is 9.75 Å². The third kappa shape index (κ3) is 2.68. The van der Waals surface area contributed by atoms with Crippen LogP contribution in [-0.2, 0) is 6.42 Å². The SMILES string of the molecule is CCCc1nc(C(=O)O)c(-c2cc(Cl)cs2)s1. The van der Waals surface area contributed by atoms with Crippen LogP contribution in [0.3, 0.4) is 0 Å². The van der Waals surface area contributed by atoms with E-state index in [1.165, 1.54) is 22.7 Å². The Kier molecular flexibility index (Phi) is 3.81. The maximum absolute atomic E-state index is 11.1. The molecule has 0 unspecified atom stereocenters. The average molecular weight is 288 g/mol. The number of hydrogen-bond acceptors (Lipinski definition) is 4. The van der Waals surface area contributed by atoms with Gasteiger partial charge in [0, 0.05) is 10.3 Å². The number of carboxylic acids is 1. The molecule has 2 rings (SSSR count). The summed E-state index contributed by atoms with van der Waals surface area (Å²) in [5.74, 6) is -0.983. The predicted octanol–water partition coefficient (Wildman–Crippen LogP) is 4.18. The molecule has 6 heteroatoms. The number of nitrogens with zero attached hydrogens (tertiary/aromatic N) is 1. The molecule has 0 atom stereocenters. The van der Waals surface area contributed by atoms with Gasteiger partial charge in [0.05, 0.1) is 14.9 Å². The zero-order valence-corrected chi connectivity index (χ0v) is 11.5. The highest BCUT2D eigenvalue weighted by Gasteiger charge is 2.19. The van der Waals surface area contributed by atoms with Crippen molar-refractivity contribution in [2.75, 3.05) is 0 Å². The van der Waals surface area contributed by atoms with Gasteiger partial charge in [0.15, 0.2) is 5.69 Å². The number of hydrogen-bond donors (Lipinski definition) is 1. The van der Waals surface area contributed by atoms with E-state index in [4.69, 9.17) is 16.7 Å². The molecule has 90 valence electrons. The molecular formula is C11H10ClNO2S2. The molecule has 0 radical (unpaired) electrons. The van der Waals surface area contributed by atoms with Crippen LogP contribution in [0.2, 0.25) is 5.02 Å². The average Bonchev–Trinajstić information content (AvgIpc) is 2.84. The fourth-order valence-corrected chi connectivity index (χ4v) is 3.78. The van der Waals surface area contributed by atoms with Crippen molar-refractivity contribution in [1.82, 2.24) is 4.98 Å². The van der Waals surface area contributed by atoms with Crippen LogP contribution < -0.4 is 0 Å². The van der Waals surface area contributed by atoms with E-state index in [-0.39, 0.29) is 5.69 Å². The highest BCUT2D eigenvalue weighted by atomic mass is 35.5. The standard InChI is InChI=1S/C11H10ClNO2S2/c1-2-3-8-13-9(11(14)15)10(17-8)7-4-6(12)5-16-7/h4-5H,2-3H2,1H3,(H,14,15). The van der Waals surface area contributed by atoms with Gasteiger partial charge >= 0.3 is 5.97 Å². The van der Waals surface area contributed by atoms with Crippen LogP contribution in [0.4, 0.5) is 0 Å². The Morgan fingerprint density at radius 3 is 2.88 bits per heavy atom. The van der Waals surface area contributed by atoms with Crippen molar-refractivity contribution in [3.8, 4) is 9.75 Å². The third-order valence-electron chi connectivity index (χ3n) is 2.13. The highest BCUT2D eigenvalue weighted by molar-refractivity contribution is 7.21. The van der Waals surface area contributed by atoms with E-state index in [0.717, 1.165) is 22.7 Å². The van der Waals surface area contributed by atoms with E-state index in [2.05, 4.69) is 4.98 Å². The monoisotopic (exact) mass is 287 g/mol. The lowest BCUT2D eigenvalue weighted by atomic mass is 10.3. The first-order chi connectivity index (χ1) is 8.11. The smallest absolute Gasteiger partial charge is 0.356 e. The van der Waals surface area contributed by atoms with Crippen molar-refractivity contribution in [1.29, 1.82) is 0 Å². The van der Waals surface area contributed by atoms with Gasteiger partial charge in [0.1, 0.15) is 0 Å². The second kappa shape index (κ2) is 5.16. The van der Waals surface area contributed by atoms with Crippen molar-refractivity contribution >= 4 is 40.2 Å². The maximum atomic E-state index is 11.1. The van der Waals surface area contributed by atoms with Crippen LogP contribution in [0, 0.1) is 0 Å². The number of thiazole rings is 1. The van der Waals surface area contributed by atoms with E-state index in [1.807, 2.05) is 6.92 Å². The maximum Gasteiger partial charge on any atom is 0.356 e. The van der Waals surface area contributed by atoms with Gasteiger partial charge in [-0.15, -0.1) is 22.7 Å². The van der Waals surface area contributed by atoms with Crippen molar-refractivity contribution in [2.45, 2.75) is 19.8 Å². The van der Waals surface area contributed by atoms with Crippen molar-refractivity contribution < 1.29 is 9.90 Å². The van der Waals surface area contributed by atoms with Crippen LogP contribution in [-0.4, -0.2) is 16.1 Å². The van der Waals surface area contributed by atoms with Crippen molar-refractivity contribution in [3.05, 3.63) is 27.2 Å². The van der Waals surface area contributed by atoms with Gasteiger partial charge < -0.3 is 5.11 Å². The number of aryl methyl sites for hydroxylation is 1. The van der Waals surface area contributed by atoms with E-state index in [1.54, 1.807) is 11.4 Å². The van der Waals surface area contributed by atoms with Gasteiger partial charge in [-0.3, -0.25) is 0 Å². The summed E-state index contributed by atoms with van der Waals surface area (Å²) in [6.07, 6.45) is 1.77. The molecule has 0 aliphatic heterocycles. The molecule has 0 spiro atoms. The number of rotatable bonds is 4. The topological polar surface area (TPSA) is 50.2 Å². The third-order valence-corrected chi connectivity index (χ3v) is 4.70. The van der Waals surface area contributed by atoms with Crippen LogP contribution in [0.1, 0.15) is 28.8 Å². The fraction of sp³-hybridized carbons (Fsp3) is 0.273. The Morgan fingerprint density at radius 2 is 2.35 bits per heavy atom. The molecule has 0 aliphatic rings. The molecule has 0 aromatic carbocycles. The summed E-state index contributed by atoms with van der Waals surface area (Å²) in [6.45, 7) is 2.05. The zero-order chi connectivity index (χ0) is 12.4. The van der Waals surface area contributed by atoms with Gasteiger partial charge in [-0.25, -0.2) is 9.78 Å². The Morgan fingerprint density at radius 1 is 1.59 bits per heavy atom. The summed E-state index contributed by atoms with van der Waals surface area (Å²) in [5, 5.41) is 12.4. The molecule has 0 aliphatic carbocycles. The molecule has 3 nitrogen and oxygen atoms in total. The summed E-state index contributed by atoms with van der Waals surface area (Å²) in [6, 6.07) is 1.78. The first-order valence-corrected chi connectivity index (χ1v) is 7.16. The van der Waals surface area contributed by atoms with E-state index < -0.39 is 5.97 Å². The molecule has 0 fully saturated rings. The summed E-state index contributed by atoms with van der Waals surface area (Å²) in [4.78, 5) is 16.9. The lowest BCUT2D eigenvalue weighted by Gasteiger charge is -1.92. The molecule has 0 amide bonds. The fourth-order valence-electron chi connectivity index (χ4n) is 1.43. The number of halogens is 1. The van der Waals surface area contributed by atoms with Crippen LogP contribution >= 0.6 is 34.3 Å². The quantitative estimate of drug-likeness (QED) is 0.918. The first-order valence-electron chi connectivity index (χ1n) is 5.09. The van der Waals surface area contributed by atoms with Crippen LogP contribution in [0.15, 0.2) is 11.4 Å².